The van der Waals surface area contributed by atoms with Crippen molar-refractivity contribution < 1.29 is 13.9 Å². The van der Waals surface area contributed by atoms with E-state index in [1.807, 2.05) is 6.92 Å². The molecule has 0 aliphatic heterocycles. The number of rotatable bonds is 4. The molecule has 1 aromatic carbocycles. The van der Waals surface area contributed by atoms with E-state index in [9.17, 15) is 13.9 Å². The van der Waals surface area contributed by atoms with Gasteiger partial charge in [0.05, 0.1) is 6.20 Å². The predicted octanol–water partition coefficient (Wildman–Crippen LogP) is 2.92. The van der Waals surface area contributed by atoms with Crippen molar-refractivity contribution >= 4 is 0 Å². The van der Waals surface area contributed by atoms with Gasteiger partial charge in [-0.2, -0.15) is 5.10 Å². The number of aliphatic hydroxyl groups is 1. The monoisotopic (exact) mass is 252 g/mol. The summed E-state index contributed by atoms with van der Waals surface area (Å²) in [5, 5.41) is 14.2. The van der Waals surface area contributed by atoms with E-state index in [0.717, 1.165) is 0 Å². The molecule has 1 N–H and O–H groups in total. The van der Waals surface area contributed by atoms with Crippen molar-refractivity contribution in [3.05, 3.63) is 53.3 Å². The number of hydrogen-bond acceptors (Lipinski definition) is 2. The van der Waals surface area contributed by atoms with E-state index < -0.39 is 12.5 Å². The number of alkyl halides is 2. The summed E-state index contributed by atoms with van der Waals surface area (Å²) in [6.07, 6.45) is -0.206. The Morgan fingerprint density at radius 1 is 1.28 bits per heavy atom. The minimum atomic E-state index is -2.53. The lowest BCUT2D eigenvalue weighted by atomic mass is 10.0. The molecule has 2 rings (SSSR count). The highest BCUT2D eigenvalue weighted by atomic mass is 19.3. The quantitative estimate of drug-likeness (QED) is 0.908. The van der Waals surface area contributed by atoms with Crippen LogP contribution in [0.3, 0.4) is 0 Å². The molecule has 0 saturated heterocycles. The van der Waals surface area contributed by atoms with Gasteiger partial charge >= 0.3 is 0 Å². The fourth-order valence-corrected chi connectivity index (χ4v) is 1.75. The van der Waals surface area contributed by atoms with Crippen LogP contribution < -0.4 is 0 Å². The Labute approximate surface area is 104 Å². The van der Waals surface area contributed by atoms with Gasteiger partial charge in [0, 0.05) is 23.9 Å². The van der Waals surface area contributed by atoms with Crippen LogP contribution in [0.15, 0.2) is 36.7 Å². The van der Waals surface area contributed by atoms with Crippen molar-refractivity contribution in [2.75, 3.05) is 0 Å². The largest absolute Gasteiger partial charge is 0.384 e. The molecule has 0 aliphatic carbocycles. The average Bonchev–Trinajstić information content (AvgIpc) is 2.86. The third-order valence-electron chi connectivity index (χ3n) is 2.77. The number of hydrogen-bond donors (Lipinski definition) is 1. The third kappa shape index (κ3) is 2.56. The van der Waals surface area contributed by atoms with Crippen LogP contribution in [0, 0.1) is 0 Å². The fraction of sp³-hybridized carbons (Fsp3) is 0.308. The number of halogens is 2. The Morgan fingerprint density at radius 3 is 2.61 bits per heavy atom. The van der Waals surface area contributed by atoms with Crippen molar-refractivity contribution in [2.24, 2.45) is 0 Å². The number of benzene rings is 1. The molecule has 0 bridgehead atoms. The smallest absolute Gasteiger partial charge is 0.263 e. The van der Waals surface area contributed by atoms with Crippen molar-refractivity contribution in [1.29, 1.82) is 0 Å². The highest BCUT2D eigenvalue weighted by molar-refractivity contribution is 5.31. The second-order valence-corrected chi connectivity index (χ2v) is 4.00. The van der Waals surface area contributed by atoms with Gasteiger partial charge in [-0.15, -0.1) is 0 Å². The Balaban J connectivity index is 2.27. The summed E-state index contributed by atoms with van der Waals surface area (Å²) in [7, 11) is 0. The van der Waals surface area contributed by atoms with Crippen LogP contribution in [0.25, 0.3) is 0 Å². The minimum Gasteiger partial charge on any atom is -0.384 e. The van der Waals surface area contributed by atoms with Crippen molar-refractivity contribution in [1.82, 2.24) is 9.78 Å². The fourth-order valence-electron chi connectivity index (χ4n) is 1.75. The first-order chi connectivity index (χ1) is 8.61. The Bertz CT molecular complexity index is 525. The maximum absolute atomic E-state index is 12.6. The first kappa shape index (κ1) is 12.7. The number of aliphatic hydroxyl groups excluding tert-OH is 1. The van der Waals surface area contributed by atoms with Gasteiger partial charge in [0.2, 0.25) is 0 Å². The van der Waals surface area contributed by atoms with Crippen LogP contribution in [0.2, 0.25) is 0 Å². The zero-order chi connectivity index (χ0) is 13.1. The maximum Gasteiger partial charge on any atom is 0.263 e. The zero-order valence-electron chi connectivity index (χ0n) is 9.92. The first-order valence-electron chi connectivity index (χ1n) is 5.70. The van der Waals surface area contributed by atoms with Gasteiger partial charge in [-0.3, -0.25) is 4.68 Å². The van der Waals surface area contributed by atoms with Gasteiger partial charge in [0.25, 0.3) is 6.43 Å². The highest BCUT2D eigenvalue weighted by Gasteiger charge is 2.15. The number of aryl methyl sites for hydroxylation is 1. The van der Waals surface area contributed by atoms with E-state index in [-0.39, 0.29) is 5.56 Å². The van der Waals surface area contributed by atoms with Crippen LogP contribution in [-0.4, -0.2) is 14.9 Å². The summed E-state index contributed by atoms with van der Waals surface area (Å²) >= 11 is 0. The van der Waals surface area contributed by atoms with Gasteiger partial charge in [-0.05, 0) is 18.6 Å². The van der Waals surface area contributed by atoms with E-state index in [0.29, 0.717) is 17.7 Å². The van der Waals surface area contributed by atoms with Gasteiger partial charge in [0.15, 0.2) is 0 Å². The molecular weight excluding hydrogens is 238 g/mol. The molecule has 0 saturated carbocycles. The standard InChI is InChI=1S/C13H14F2N2O/c1-2-17-8-11(7-16-17)12(18)9-4-3-5-10(6-9)13(14)15/h3-8,12-13,18H,2H2,1H3. The van der Waals surface area contributed by atoms with Crippen LogP contribution >= 0.6 is 0 Å². The van der Waals surface area contributed by atoms with Crippen LogP contribution in [0.5, 0.6) is 0 Å². The topological polar surface area (TPSA) is 38.0 Å². The van der Waals surface area contributed by atoms with Crippen LogP contribution in [-0.2, 0) is 6.54 Å². The van der Waals surface area contributed by atoms with Gasteiger partial charge in [0.1, 0.15) is 6.10 Å². The second-order valence-electron chi connectivity index (χ2n) is 4.00. The minimum absolute atomic E-state index is 0.0885. The van der Waals surface area contributed by atoms with Crippen LogP contribution in [0.1, 0.15) is 36.1 Å². The van der Waals surface area contributed by atoms with E-state index >= 15 is 0 Å². The Morgan fingerprint density at radius 2 is 2.00 bits per heavy atom. The summed E-state index contributed by atoms with van der Waals surface area (Å²) < 4.78 is 26.8. The molecule has 1 atom stereocenters. The predicted molar refractivity (Wildman–Crippen MR) is 63.4 cm³/mol. The molecule has 2 aromatic rings. The van der Waals surface area contributed by atoms with Crippen molar-refractivity contribution in [3.8, 4) is 0 Å². The molecule has 1 unspecified atom stereocenters. The van der Waals surface area contributed by atoms with Gasteiger partial charge in [-0.25, -0.2) is 8.78 Å². The van der Waals surface area contributed by atoms with Crippen LogP contribution in [0.4, 0.5) is 8.78 Å². The Hall–Kier alpha value is -1.75. The van der Waals surface area contributed by atoms with Gasteiger partial charge in [-0.1, -0.05) is 18.2 Å². The van der Waals surface area contributed by atoms with Crippen molar-refractivity contribution in [3.63, 3.8) is 0 Å². The molecule has 18 heavy (non-hydrogen) atoms. The lowest BCUT2D eigenvalue weighted by Crippen LogP contribution is -2.00. The van der Waals surface area contributed by atoms with E-state index in [4.69, 9.17) is 0 Å². The van der Waals surface area contributed by atoms with Gasteiger partial charge < -0.3 is 5.11 Å². The molecule has 1 aromatic heterocycles. The molecule has 0 spiro atoms. The molecule has 0 fully saturated rings. The molecular formula is C13H14F2N2O. The Kier molecular flexibility index (Phi) is 3.72. The van der Waals surface area contributed by atoms with Crippen molar-refractivity contribution in [2.45, 2.75) is 26.0 Å². The summed E-state index contributed by atoms with van der Waals surface area (Å²) in [5.74, 6) is 0. The number of nitrogens with zero attached hydrogens (tertiary/aromatic N) is 2. The highest BCUT2D eigenvalue weighted by Crippen LogP contribution is 2.26. The molecule has 5 heteroatoms. The van der Waals surface area contributed by atoms with E-state index in [1.165, 1.54) is 18.2 Å². The molecule has 0 radical (unpaired) electrons. The lowest BCUT2D eigenvalue weighted by Gasteiger charge is -2.10. The molecule has 3 nitrogen and oxygen atoms in total. The summed E-state index contributed by atoms with van der Waals surface area (Å²) in [6.45, 7) is 2.63. The number of aromatic nitrogens is 2. The summed E-state index contributed by atoms with van der Waals surface area (Å²) in [4.78, 5) is 0. The molecule has 96 valence electrons. The molecule has 0 aliphatic rings. The van der Waals surface area contributed by atoms with E-state index in [2.05, 4.69) is 5.10 Å². The van der Waals surface area contributed by atoms with E-state index in [1.54, 1.807) is 23.1 Å². The molecule has 1 heterocycles. The SMILES string of the molecule is CCn1cc(C(O)c2cccc(C(F)F)c2)cn1. The maximum atomic E-state index is 12.6. The summed E-state index contributed by atoms with van der Waals surface area (Å²) in [5.41, 5.74) is 0.959. The summed E-state index contributed by atoms with van der Waals surface area (Å²) in [6, 6.07) is 5.80. The normalized spacial score (nSPS) is 12.9. The second kappa shape index (κ2) is 5.27. The first-order valence-corrected chi connectivity index (χ1v) is 5.70. The third-order valence-corrected chi connectivity index (χ3v) is 2.77. The lowest BCUT2D eigenvalue weighted by molar-refractivity contribution is 0.150. The molecule has 0 amide bonds. The average molecular weight is 252 g/mol. The zero-order valence-corrected chi connectivity index (χ0v) is 9.92.